The Morgan fingerprint density at radius 2 is 2.06 bits per heavy atom. The fraction of sp³-hybridized carbons (Fsp3) is 0.500. The van der Waals surface area contributed by atoms with Crippen LogP contribution in [0.3, 0.4) is 0 Å². The van der Waals surface area contributed by atoms with E-state index in [0.717, 1.165) is 6.08 Å². The largest absolute Gasteiger partial charge is 0.419 e. The Morgan fingerprint density at radius 1 is 1.44 bits per heavy atom. The smallest absolute Gasteiger partial charge is 0.230 e. The lowest BCUT2D eigenvalue weighted by atomic mass is 10.0. The lowest BCUT2D eigenvalue weighted by Gasteiger charge is -2.10. The predicted molar refractivity (Wildman–Crippen MR) is 62.8 cm³/mol. The van der Waals surface area contributed by atoms with Crippen molar-refractivity contribution in [2.75, 3.05) is 6.26 Å². The predicted octanol–water partition coefficient (Wildman–Crippen LogP) is 4.36. The number of hydrogen-bond donors (Lipinski definition) is 0. The van der Waals surface area contributed by atoms with E-state index in [9.17, 15) is 13.2 Å². The Morgan fingerprint density at radius 3 is 2.50 bits per heavy atom. The van der Waals surface area contributed by atoms with Crippen molar-refractivity contribution in [3.63, 3.8) is 0 Å². The van der Waals surface area contributed by atoms with E-state index >= 15 is 0 Å². The number of allylic oxidation sites excluding steroid dienone is 3. The van der Waals surface area contributed by atoms with Gasteiger partial charge in [0.2, 0.25) is 0 Å². The van der Waals surface area contributed by atoms with Gasteiger partial charge in [-0.05, 0) is 24.7 Å². The molecule has 1 nitrogen and oxygen atoms in total. The molecule has 90 valence electrons. The first-order chi connectivity index (χ1) is 7.38. The summed E-state index contributed by atoms with van der Waals surface area (Å²) in [5.41, 5.74) is -0.846. The molecule has 1 unspecified atom stereocenters. The van der Waals surface area contributed by atoms with E-state index in [1.165, 1.54) is 11.8 Å². The van der Waals surface area contributed by atoms with Crippen LogP contribution >= 0.6 is 23.4 Å². The summed E-state index contributed by atoms with van der Waals surface area (Å²) in [6.07, 6.45) is 0.727. The van der Waals surface area contributed by atoms with Crippen molar-refractivity contribution in [3.05, 3.63) is 22.8 Å². The van der Waals surface area contributed by atoms with E-state index in [2.05, 4.69) is 4.99 Å². The van der Waals surface area contributed by atoms with Crippen LogP contribution in [0.25, 0.3) is 0 Å². The molecule has 1 atom stereocenters. The average molecular weight is 270 g/mol. The molecule has 1 heterocycles. The van der Waals surface area contributed by atoms with Gasteiger partial charge in [-0.1, -0.05) is 24.6 Å². The zero-order valence-electron chi connectivity index (χ0n) is 8.81. The fourth-order valence-corrected chi connectivity index (χ4v) is 2.07. The highest BCUT2D eigenvalue weighted by molar-refractivity contribution is 8.02. The summed E-state index contributed by atoms with van der Waals surface area (Å²) in [4.78, 5) is 3.76. The van der Waals surface area contributed by atoms with Crippen LogP contribution in [0.2, 0.25) is 0 Å². The van der Waals surface area contributed by atoms with Gasteiger partial charge in [0, 0.05) is 0 Å². The van der Waals surface area contributed by atoms with Crippen molar-refractivity contribution in [2.45, 2.75) is 19.5 Å². The molecule has 1 aliphatic rings. The highest BCUT2D eigenvalue weighted by Gasteiger charge is 2.37. The Balaban J connectivity index is 3.16. The van der Waals surface area contributed by atoms with Crippen molar-refractivity contribution in [2.24, 2.45) is 10.9 Å². The second-order valence-corrected chi connectivity index (χ2v) is 4.45. The maximum atomic E-state index is 12.6. The van der Waals surface area contributed by atoms with Crippen LogP contribution in [0.5, 0.6) is 0 Å². The van der Waals surface area contributed by atoms with Gasteiger partial charge >= 0.3 is 6.18 Å². The maximum absolute atomic E-state index is 12.6. The Bertz CT molecular complexity index is 358. The van der Waals surface area contributed by atoms with Gasteiger partial charge in [0.15, 0.2) is 0 Å². The van der Waals surface area contributed by atoms with Gasteiger partial charge < -0.3 is 0 Å². The van der Waals surface area contributed by atoms with Gasteiger partial charge in [-0.15, -0.1) is 11.8 Å². The Labute approximate surface area is 101 Å². The zero-order chi connectivity index (χ0) is 12.3. The first-order valence-corrected chi connectivity index (χ1v) is 6.28. The van der Waals surface area contributed by atoms with E-state index in [1.807, 2.05) is 6.92 Å². The third-order valence-corrected chi connectivity index (χ3v) is 3.09. The molecule has 0 radical (unpaired) electrons. The molecule has 0 saturated carbocycles. The van der Waals surface area contributed by atoms with Gasteiger partial charge in [0.25, 0.3) is 0 Å². The third kappa shape index (κ3) is 3.28. The quantitative estimate of drug-likeness (QED) is 0.726. The summed E-state index contributed by atoms with van der Waals surface area (Å²) >= 11 is 6.86. The van der Waals surface area contributed by atoms with E-state index in [-0.39, 0.29) is 5.92 Å². The van der Waals surface area contributed by atoms with Crippen molar-refractivity contribution in [1.82, 2.24) is 0 Å². The standard InChI is InChI=1S/C10H11ClF3NS/c1-3-6-4-7(10(12,13)14)9(11)15-8(5-6)16-2/h4-6H,3H2,1-2H3. The molecule has 16 heavy (non-hydrogen) atoms. The summed E-state index contributed by atoms with van der Waals surface area (Å²) in [6.45, 7) is 1.82. The topological polar surface area (TPSA) is 12.4 Å². The molecule has 0 fully saturated rings. The molecular formula is C10H11ClF3NS. The molecule has 0 spiro atoms. The monoisotopic (exact) mass is 269 g/mol. The zero-order valence-corrected chi connectivity index (χ0v) is 10.4. The lowest BCUT2D eigenvalue weighted by molar-refractivity contribution is -0.0861. The second kappa shape index (κ2) is 5.27. The Kier molecular flexibility index (Phi) is 4.50. The minimum Gasteiger partial charge on any atom is -0.230 e. The van der Waals surface area contributed by atoms with Crippen LogP contribution in [-0.4, -0.2) is 17.6 Å². The SMILES string of the molecule is CCC1C=C(SC)N=C(Cl)C(C(F)(F)F)=C1. The molecule has 0 aromatic carbocycles. The first-order valence-electron chi connectivity index (χ1n) is 4.67. The number of nitrogens with zero attached hydrogens (tertiary/aromatic N) is 1. The summed E-state index contributed by atoms with van der Waals surface area (Å²) in [6, 6.07) is 0. The van der Waals surface area contributed by atoms with E-state index in [0.29, 0.717) is 11.4 Å². The normalized spacial score (nSPS) is 22.1. The van der Waals surface area contributed by atoms with Crippen LogP contribution in [0.1, 0.15) is 13.3 Å². The highest BCUT2D eigenvalue weighted by Crippen LogP contribution is 2.34. The molecular weight excluding hydrogens is 259 g/mol. The molecule has 0 amide bonds. The highest BCUT2D eigenvalue weighted by atomic mass is 35.5. The van der Waals surface area contributed by atoms with E-state index in [4.69, 9.17) is 11.6 Å². The van der Waals surface area contributed by atoms with Gasteiger partial charge in [-0.3, -0.25) is 0 Å². The Hall–Kier alpha value is -0.420. The van der Waals surface area contributed by atoms with Crippen LogP contribution in [0, 0.1) is 5.92 Å². The minimum atomic E-state index is -4.45. The molecule has 0 aromatic rings. The number of rotatable bonds is 2. The van der Waals surface area contributed by atoms with Crippen LogP contribution in [0.15, 0.2) is 27.7 Å². The number of alkyl halides is 3. The molecule has 0 N–H and O–H groups in total. The van der Waals surface area contributed by atoms with Gasteiger partial charge in [-0.2, -0.15) is 13.2 Å². The van der Waals surface area contributed by atoms with Crippen molar-refractivity contribution in [1.29, 1.82) is 0 Å². The third-order valence-electron chi connectivity index (χ3n) is 2.15. The lowest BCUT2D eigenvalue weighted by Crippen LogP contribution is -2.17. The average Bonchev–Trinajstić information content (AvgIpc) is 2.36. The molecule has 0 saturated heterocycles. The number of aliphatic imine (C=N–C) groups is 1. The number of hydrogen-bond acceptors (Lipinski definition) is 2. The maximum Gasteiger partial charge on any atom is 0.419 e. The van der Waals surface area contributed by atoms with Crippen molar-refractivity contribution >= 4 is 28.5 Å². The first kappa shape index (κ1) is 13.6. The van der Waals surface area contributed by atoms with Crippen molar-refractivity contribution in [3.8, 4) is 0 Å². The summed E-state index contributed by atoms with van der Waals surface area (Å²) in [5.74, 6) is -0.279. The van der Waals surface area contributed by atoms with E-state index in [1.54, 1.807) is 12.3 Å². The molecule has 1 aliphatic heterocycles. The van der Waals surface area contributed by atoms with Crippen LogP contribution in [0.4, 0.5) is 13.2 Å². The summed E-state index contributed by atoms with van der Waals surface area (Å²) in [5, 5.41) is 0.0383. The minimum absolute atomic E-state index is 0.279. The molecule has 0 bridgehead atoms. The number of thioether (sulfide) groups is 1. The molecule has 6 heteroatoms. The molecule has 1 rings (SSSR count). The van der Waals surface area contributed by atoms with Crippen molar-refractivity contribution < 1.29 is 13.2 Å². The van der Waals surface area contributed by atoms with Gasteiger partial charge in [-0.25, -0.2) is 4.99 Å². The molecule has 0 aromatic heterocycles. The molecule has 0 aliphatic carbocycles. The second-order valence-electron chi connectivity index (χ2n) is 3.26. The number of halogens is 4. The fourth-order valence-electron chi connectivity index (χ4n) is 1.27. The summed E-state index contributed by atoms with van der Waals surface area (Å²) < 4.78 is 37.9. The van der Waals surface area contributed by atoms with Crippen LogP contribution < -0.4 is 0 Å². The van der Waals surface area contributed by atoms with E-state index < -0.39 is 16.9 Å². The van der Waals surface area contributed by atoms with Gasteiger partial charge in [0.1, 0.15) is 5.17 Å². The summed E-state index contributed by atoms with van der Waals surface area (Å²) in [7, 11) is 0. The van der Waals surface area contributed by atoms with Crippen LogP contribution in [-0.2, 0) is 0 Å². The van der Waals surface area contributed by atoms with Gasteiger partial charge in [0.05, 0.1) is 10.6 Å².